The Morgan fingerprint density at radius 3 is 2.21 bits per heavy atom. The van der Waals surface area contributed by atoms with Crippen molar-refractivity contribution in [2.45, 2.75) is 18.9 Å². The van der Waals surface area contributed by atoms with Crippen molar-refractivity contribution in [1.29, 1.82) is 0 Å². The molecule has 2 rings (SSSR count). The van der Waals surface area contributed by atoms with Gasteiger partial charge in [0.05, 0.1) is 0 Å². The molecule has 1 atom stereocenters. The van der Waals surface area contributed by atoms with Gasteiger partial charge in [0, 0.05) is 11.1 Å². The van der Waals surface area contributed by atoms with Crippen LogP contribution in [0.15, 0.2) is 54.6 Å². The van der Waals surface area contributed by atoms with Gasteiger partial charge in [0.15, 0.2) is 0 Å². The molecular weight excluding hydrogens is 254 g/mol. The molecule has 0 radical (unpaired) electrons. The van der Waals surface area contributed by atoms with E-state index in [0.29, 0.717) is 6.04 Å². The number of hydrogen-bond acceptors (Lipinski definition) is 1. The van der Waals surface area contributed by atoms with Gasteiger partial charge >= 0.3 is 0 Å². The van der Waals surface area contributed by atoms with Crippen molar-refractivity contribution in [2.75, 3.05) is 14.1 Å². The molecule has 2 heteroatoms. The predicted molar refractivity (Wildman–Crippen MR) is 82.6 cm³/mol. The lowest BCUT2D eigenvalue weighted by molar-refractivity contribution is 0.284. The second-order valence-corrected chi connectivity index (χ2v) is 5.43. The van der Waals surface area contributed by atoms with Gasteiger partial charge in [0.1, 0.15) is 0 Å². The molecule has 0 aliphatic carbocycles. The Bertz CT molecular complexity index is 508. The largest absolute Gasteiger partial charge is 0.302 e. The maximum Gasteiger partial charge on any atom is 0.0437 e. The van der Waals surface area contributed by atoms with Gasteiger partial charge in [-0.05, 0) is 44.1 Å². The fraction of sp³-hybridized carbons (Fsp3) is 0.294. The molecule has 0 bridgehead atoms. The SMILES string of the molecule is CN(C)[C@@H](CCc1ccccc1Cl)c1ccccc1. The highest BCUT2D eigenvalue weighted by Gasteiger charge is 2.14. The van der Waals surface area contributed by atoms with Crippen LogP contribution in [0.2, 0.25) is 5.02 Å². The molecule has 0 fully saturated rings. The third kappa shape index (κ3) is 3.82. The first-order valence-corrected chi connectivity index (χ1v) is 7.01. The van der Waals surface area contributed by atoms with Gasteiger partial charge in [-0.1, -0.05) is 60.1 Å². The van der Waals surface area contributed by atoms with E-state index in [-0.39, 0.29) is 0 Å². The molecular formula is C17H20ClN. The third-order valence-electron chi connectivity index (χ3n) is 3.45. The van der Waals surface area contributed by atoms with Crippen molar-refractivity contribution in [3.05, 3.63) is 70.7 Å². The molecule has 0 saturated carbocycles. The third-order valence-corrected chi connectivity index (χ3v) is 3.82. The average molecular weight is 274 g/mol. The molecule has 19 heavy (non-hydrogen) atoms. The molecule has 1 nitrogen and oxygen atoms in total. The van der Waals surface area contributed by atoms with Crippen LogP contribution in [0, 0.1) is 0 Å². The topological polar surface area (TPSA) is 3.24 Å². The lowest BCUT2D eigenvalue weighted by Gasteiger charge is -2.25. The molecule has 0 heterocycles. The van der Waals surface area contributed by atoms with Gasteiger partial charge in [-0.2, -0.15) is 0 Å². The average Bonchev–Trinajstić information content (AvgIpc) is 2.42. The number of benzene rings is 2. The molecule has 0 saturated heterocycles. The minimum atomic E-state index is 0.428. The van der Waals surface area contributed by atoms with E-state index in [1.54, 1.807) is 0 Å². The monoisotopic (exact) mass is 273 g/mol. The summed E-state index contributed by atoms with van der Waals surface area (Å²) in [6.45, 7) is 0. The number of halogens is 1. The summed E-state index contributed by atoms with van der Waals surface area (Å²) >= 11 is 6.22. The number of aryl methyl sites for hydroxylation is 1. The second-order valence-electron chi connectivity index (χ2n) is 5.02. The van der Waals surface area contributed by atoms with Crippen LogP contribution in [0.5, 0.6) is 0 Å². The van der Waals surface area contributed by atoms with E-state index >= 15 is 0 Å². The lowest BCUT2D eigenvalue weighted by atomic mass is 9.98. The standard InChI is InChI=1S/C17H20ClN/c1-19(2)17(15-9-4-3-5-10-15)13-12-14-8-6-7-11-16(14)18/h3-11,17H,12-13H2,1-2H3/t17-/m0/s1. The van der Waals surface area contributed by atoms with Crippen molar-refractivity contribution >= 4 is 11.6 Å². The van der Waals surface area contributed by atoms with Crippen LogP contribution >= 0.6 is 11.6 Å². The Balaban J connectivity index is 2.09. The highest BCUT2D eigenvalue weighted by atomic mass is 35.5. The zero-order valence-electron chi connectivity index (χ0n) is 11.5. The summed E-state index contributed by atoms with van der Waals surface area (Å²) < 4.78 is 0. The molecule has 0 unspecified atom stereocenters. The minimum Gasteiger partial charge on any atom is -0.302 e. The van der Waals surface area contributed by atoms with Gasteiger partial charge < -0.3 is 4.90 Å². The van der Waals surface area contributed by atoms with Gasteiger partial charge in [-0.3, -0.25) is 0 Å². The van der Waals surface area contributed by atoms with E-state index in [1.165, 1.54) is 11.1 Å². The van der Waals surface area contributed by atoms with Crippen molar-refractivity contribution in [2.24, 2.45) is 0 Å². The molecule has 0 spiro atoms. The van der Waals surface area contributed by atoms with Crippen LogP contribution in [0.3, 0.4) is 0 Å². The van der Waals surface area contributed by atoms with E-state index < -0.39 is 0 Å². The summed E-state index contributed by atoms with van der Waals surface area (Å²) in [7, 11) is 4.26. The van der Waals surface area contributed by atoms with Crippen LogP contribution in [0.25, 0.3) is 0 Å². The summed E-state index contributed by atoms with van der Waals surface area (Å²) in [5.41, 5.74) is 2.59. The molecule has 0 aromatic heterocycles. The summed E-state index contributed by atoms with van der Waals surface area (Å²) in [5.74, 6) is 0. The zero-order chi connectivity index (χ0) is 13.7. The van der Waals surface area contributed by atoms with E-state index in [0.717, 1.165) is 17.9 Å². The Morgan fingerprint density at radius 1 is 0.947 bits per heavy atom. The molecule has 2 aromatic rings. The molecule has 0 N–H and O–H groups in total. The molecule has 0 aliphatic heterocycles. The second kappa shape index (κ2) is 6.74. The predicted octanol–water partition coefficient (Wildman–Crippen LogP) is 4.58. The summed E-state index contributed by atoms with van der Waals surface area (Å²) in [6.07, 6.45) is 2.07. The first-order valence-electron chi connectivity index (χ1n) is 6.63. The van der Waals surface area contributed by atoms with Gasteiger partial charge in [0.2, 0.25) is 0 Å². The van der Waals surface area contributed by atoms with Crippen LogP contribution in [0.1, 0.15) is 23.6 Å². The first-order chi connectivity index (χ1) is 9.18. The van der Waals surface area contributed by atoms with Crippen LogP contribution < -0.4 is 0 Å². The summed E-state index contributed by atoms with van der Waals surface area (Å²) in [5, 5.41) is 0.869. The van der Waals surface area contributed by atoms with E-state index in [9.17, 15) is 0 Å². The van der Waals surface area contributed by atoms with E-state index in [4.69, 9.17) is 11.6 Å². The van der Waals surface area contributed by atoms with Crippen molar-refractivity contribution < 1.29 is 0 Å². The minimum absolute atomic E-state index is 0.428. The van der Waals surface area contributed by atoms with Gasteiger partial charge in [0.25, 0.3) is 0 Å². The number of rotatable bonds is 5. The van der Waals surface area contributed by atoms with Gasteiger partial charge in [-0.15, -0.1) is 0 Å². The van der Waals surface area contributed by atoms with Crippen molar-refractivity contribution in [3.63, 3.8) is 0 Å². The molecule has 0 aliphatic rings. The van der Waals surface area contributed by atoms with E-state index in [1.807, 2.05) is 18.2 Å². The van der Waals surface area contributed by atoms with E-state index in [2.05, 4.69) is 55.4 Å². The van der Waals surface area contributed by atoms with Crippen LogP contribution in [0.4, 0.5) is 0 Å². The summed E-state index contributed by atoms with van der Waals surface area (Å²) in [6, 6.07) is 19.2. The first kappa shape index (κ1) is 14.1. The highest BCUT2D eigenvalue weighted by Crippen LogP contribution is 2.25. The Labute approximate surface area is 120 Å². The Morgan fingerprint density at radius 2 is 1.58 bits per heavy atom. The van der Waals surface area contributed by atoms with Crippen LogP contribution in [-0.4, -0.2) is 19.0 Å². The fourth-order valence-corrected chi connectivity index (χ4v) is 2.62. The van der Waals surface area contributed by atoms with Gasteiger partial charge in [-0.25, -0.2) is 0 Å². The highest BCUT2D eigenvalue weighted by molar-refractivity contribution is 6.31. The normalized spacial score (nSPS) is 12.6. The maximum atomic E-state index is 6.22. The number of hydrogen-bond donors (Lipinski definition) is 0. The number of nitrogens with zero attached hydrogens (tertiary/aromatic N) is 1. The quantitative estimate of drug-likeness (QED) is 0.771. The summed E-state index contributed by atoms with van der Waals surface area (Å²) in [4.78, 5) is 2.27. The van der Waals surface area contributed by atoms with Crippen molar-refractivity contribution in [1.82, 2.24) is 4.90 Å². The van der Waals surface area contributed by atoms with Crippen molar-refractivity contribution in [3.8, 4) is 0 Å². The molecule has 2 aromatic carbocycles. The lowest BCUT2D eigenvalue weighted by Crippen LogP contribution is -2.20. The molecule has 100 valence electrons. The molecule has 0 amide bonds. The fourth-order valence-electron chi connectivity index (χ4n) is 2.39. The Kier molecular flexibility index (Phi) is 5.00. The Hall–Kier alpha value is -1.31. The van der Waals surface area contributed by atoms with Crippen LogP contribution in [-0.2, 0) is 6.42 Å². The zero-order valence-corrected chi connectivity index (χ0v) is 12.3. The smallest absolute Gasteiger partial charge is 0.0437 e. The maximum absolute atomic E-state index is 6.22.